The van der Waals surface area contributed by atoms with Gasteiger partial charge in [0.1, 0.15) is 0 Å². The summed E-state index contributed by atoms with van der Waals surface area (Å²) in [7, 11) is 0. The molecule has 0 saturated carbocycles. The second-order valence-corrected chi connectivity index (χ2v) is 7.44. The highest BCUT2D eigenvalue weighted by Gasteiger charge is 2.32. The number of ether oxygens (including phenoxy) is 1. The summed E-state index contributed by atoms with van der Waals surface area (Å²) in [5.74, 6) is 0. The number of hydrogen-bond donors (Lipinski definition) is 1. The van der Waals surface area contributed by atoms with Gasteiger partial charge in [0.2, 0.25) is 0 Å². The predicted octanol–water partition coefficient (Wildman–Crippen LogP) is 2.79. The number of likely N-dealkylation sites (tertiary alicyclic amines) is 1. The van der Waals surface area contributed by atoms with Gasteiger partial charge in [-0.15, -0.1) is 0 Å². The third-order valence-electron chi connectivity index (χ3n) is 5.56. The maximum absolute atomic E-state index is 5.93. The lowest BCUT2D eigenvalue weighted by Gasteiger charge is -2.28. The van der Waals surface area contributed by atoms with Crippen molar-refractivity contribution in [1.82, 2.24) is 15.3 Å². The molecule has 3 rings (SSSR count). The first-order valence-corrected chi connectivity index (χ1v) is 9.75. The average Bonchev–Trinajstić information content (AvgIpc) is 2.77. The molecule has 0 bridgehead atoms. The van der Waals surface area contributed by atoms with Gasteiger partial charge in [-0.1, -0.05) is 19.3 Å². The fourth-order valence-corrected chi connectivity index (χ4v) is 4.26. The fraction of sp³-hybridized carbons (Fsp3) is 1.00. The number of fused-ring (bicyclic) bond motifs is 1. The molecule has 128 valence electrons. The second kappa shape index (κ2) is 9.21. The van der Waals surface area contributed by atoms with E-state index < -0.39 is 0 Å². The molecule has 0 aromatic rings. The van der Waals surface area contributed by atoms with Crippen LogP contribution < -0.4 is 5.43 Å². The molecule has 2 atom stereocenters. The molecule has 4 nitrogen and oxygen atoms in total. The van der Waals surface area contributed by atoms with E-state index in [0.29, 0.717) is 6.04 Å². The quantitative estimate of drug-likeness (QED) is 0.732. The number of piperidine rings is 1. The van der Waals surface area contributed by atoms with E-state index in [1.54, 1.807) is 0 Å². The minimum absolute atomic E-state index is 0.564. The number of nitrogens with one attached hydrogen (secondary N) is 1. The van der Waals surface area contributed by atoms with Crippen LogP contribution in [-0.2, 0) is 4.74 Å². The summed E-state index contributed by atoms with van der Waals surface area (Å²) in [5.41, 5.74) is 3.64. The molecule has 3 fully saturated rings. The number of nitrogens with zero attached hydrogens (tertiary/aromatic N) is 2. The monoisotopic (exact) mass is 309 g/mol. The van der Waals surface area contributed by atoms with E-state index in [4.69, 9.17) is 4.74 Å². The first-order valence-electron chi connectivity index (χ1n) is 9.75. The van der Waals surface area contributed by atoms with Crippen LogP contribution in [0.15, 0.2) is 0 Å². The van der Waals surface area contributed by atoms with Gasteiger partial charge in [-0.2, -0.15) is 0 Å². The topological polar surface area (TPSA) is 27.7 Å². The van der Waals surface area contributed by atoms with Crippen molar-refractivity contribution >= 4 is 0 Å². The third-order valence-corrected chi connectivity index (χ3v) is 5.56. The lowest BCUT2D eigenvalue weighted by Crippen LogP contribution is -2.43. The Morgan fingerprint density at radius 1 is 0.909 bits per heavy atom. The van der Waals surface area contributed by atoms with Gasteiger partial charge in [0.15, 0.2) is 0 Å². The predicted molar refractivity (Wildman–Crippen MR) is 90.8 cm³/mol. The molecule has 0 aromatic heterocycles. The van der Waals surface area contributed by atoms with Crippen molar-refractivity contribution in [3.63, 3.8) is 0 Å². The van der Waals surface area contributed by atoms with E-state index in [1.807, 2.05) is 0 Å². The number of hydrogen-bond acceptors (Lipinski definition) is 4. The van der Waals surface area contributed by atoms with E-state index in [2.05, 4.69) is 15.3 Å². The molecule has 1 N–H and O–H groups in total. The van der Waals surface area contributed by atoms with E-state index >= 15 is 0 Å². The summed E-state index contributed by atoms with van der Waals surface area (Å²) in [6.45, 7) is 7.00. The Balaban J connectivity index is 1.19. The molecule has 0 aliphatic carbocycles. The average molecular weight is 309 g/mol. The van der Waals surface area contributed by atoms with Gasteiger partial charge in [0.05, 0.1) is 6.61 Å². The van der Waals surface area contributed by atoms with Gasteiger partial charge in [-0.3, -0.25) is 0 Å². The Bertz CT molecular complexity index is 291. The van der Waals surface area contributed by atoms with Crippen LogP contribution in [0.3, 0.4) is 0 Å². The molecule has 22 heavy (non-hydrogen) atoms. The summed E-state index contributed by atoms with van der Waals surface area (Å²) in [6.07, 6.45) is 13.6. The molecule has 4 heteroatoms. The Kier molecular flexibility index (Phi) is 6.99. The van der Waals surface area contributed by atoms with Gasteiger partial charge >= 0.3 is 0 Å². The molecule has 3 heterocycles. The largest absolute Gasteiger partial charge is 0.380 e. The van der Waals surface area contributed by atoms with Crippen LogP contribution in [0.5, 0.6) is 0 Å². The van der Waals surface area contributed by atoms with Gasteiger partial charge < -0.3 is 9.64 Å². The van der Waals surface area contributed by atoms with Crippen LogP contribution in [-0.4, -0.2) is 61.4 Å². The fourth-order valence-electron chi connectivity index (χ4n) is 4.26. The summed E-state index contributed by atoms with van der Waals surface area (Å²) < 4.78 is 5.93. The lowest BCUT2D eigenvalue weighted by atomic mass is 10.0. The SMILES string of the molecule is C1CCCN(CCCCOCC2CC3CCCCN3N2)CC1. The molecule has 3 aliphatic rings. The van der Waals surface area contributed by atoms with E-state index in [9.17, 15) is 0 Å². The van der Waals surface area contributed by atoms with Crippen LogP contribution in [0.4, 0.5) is 0 Å². The molecular weight excluding hydrogens is 274 g/mol. The van der Waals surface area contributed by atoms with Crippen molar-refractivity contribution in [3.8, 4) is 0 Å². The molecule has 3 saturated heterocycles. The maximum Gasteiger partial charge on any atom is 0.0633 e. The standard InChI is InChI=1S/C18H35N3O/c1-2-5-11-20(10-4-1)12-7-8-14-22-16-17-15-18-9-3-6-13-21(18)19-17/h17-19H,1-16H2. The van der Waals surface area contributed by atoms with Gasteiger partial charge in [0.25, 0.3) is 0 Å². The summed E-state index contributed by atoms with van der Waals surface area (Å²) in [6, 6.07) is 1.35. The maximum atomic E-state index is 5.93. The van der Waals surface area contributed by atoms with Crippen LogP contribution in [0.25, 0.3) is 0 Å². The van der Waals surface area contributed by atoms with Crippen molar-refractivity contribution in [3.05, 3.63) is 0 Å². The number of unbranched alkanes of at least 4 members (excludes halogenated alkanes) is 1. The van der Waals surface area contributed by atoms with Crippen LogP contribution in [0.1, 0.15) is 64.2 Å². The Hall–Kier alpha value is -0.160. The van der Waals surface area contributed by atoms with E-state index in [0.717, 1.165) is 19.3 Å². The molecule has 0 aromatic carbocycles. The lowest BCUT2D eigenvalue weighted by molar-refractivity contribution is 0.0898. The van der Waals surface area contributed by atoms with Crippen molar-refractivity contribution in [2.45, 2.75) is 76.3 Å². The summed E-state index contributed by atoms with van der Waals surface area (Å²) in [5, 5.41) is 2.47. The summed E-state index contributed by atoms with van der Waals surface area (Å²) >= 11 is 0. The van der Waals surface area contributed by atoms with Crippen molar-refractivity contribution < 1.29 is 4.74 Å². The third kappa shape index (κ3) is 5.19. The van der Waals surface area contributed by atoms with Crippen molar-refractivity contribution in [2.24, 2.45) is 0 Å². The minimum Gasteiger partial charge on any atom is -0.380 e. The molecular formula is C18H35N3O. The van der Waals surface area contributed by atoms with E-state index in [-0.39, 0.29) is 0 Å². The zero-order valence-electron chi connectivity index (χ0n) is 14.3. The van der Waals surface area contributed by atoms with Gasteiger partial charge in [-0.25, -0.2) is 10.4 Å². The Labute approximate surface area is 136 Å². The summed E-state index contributed by atoms with van der Waals surface area (Å²) in [4.78, 5) is 2.66. The molecule has 2 unspecified atom stereocenters. The second-order valence-electron chi connectivity index (χ2n) is 7.44. The number of hydrazine groups is 1. The first-order chi connectivity index (χ1) is 10.9. The highest BCUT2D eigenvalue weighted by molar-refractivity contribution is 4.86. The first kappa shape index (κ1) is 16.7. The van der Waals surface area contributed by atoms with Crippen LogP contribution in [0, 0.1) is 0 Å². The highest BCUT2D eigenvalue weighted by atomic mass is 16.5. The highest BCUT2D eigenvalue weighted by Crippen LogP contribution is 2.24. The number of rotatable bonds is 7. The van der Waals surface area contributed by atoms with Crippen molar-refractivity contribution in [2.75, 3.05) is 39.4 Å². The smallest absolute Gasteiger partial charge is 0.0633 e. The van der Waals surface area contributed by atoms with Crippen LogP contribution in [0.2, 0.25) is 0 Å². The van der Waals surface area contributed by atoms with Gasteiger partial charge in [-0.05, 0) is 64.6 Å². The molecule has 0 radical (unpaired) electrons. The van der Waals surface area contributed by atoms with E-state index in [1.165, 1.54) is 90.4 Å². The zero-order valence-corrected chi connectivity index (χ0v) is 14.3. The molecule has 0 amide bonds. The molecule has 0 spiro atoms. The molecule has 3 aliphatic heterocycles. The zero-order chi connectivity index (χ0) is 15.0. The normalized spacial score (nSPS) is 31.1. The Morgan fingerprint density at radius 2 is 1.73 bits per heavy atom. The minimum atomic E-state index is 0.564. The Morgan fingerprint density at radius 3 is 2.55 bits per heavy atom. The van der Waals surface area contributed by atoms with Crippen LogP contribution >= 0.6 is 0 Å². The van der Waals surface area contributed by atoms with Crippen molar-refractivity contribution in [1.29, 1.82) is 0 Å². The van der Waals surface area contributed by atoms with Gasteiger partial charge in [0, 0.05) is 25.2 Å².